The van der Waals surface area contributed by atoms with Crippen LogP contribution in [0.25, 0.3) is 22.0 Å². The summed E-state index contributed by atoms with van der Waals surface area (Å²) in [4.78, 5) is 4.59. The molecule has 0 saturated heterocycles. The number of benzene rings is 3. The van der Waals surface area contributed by atoms with Crippen molar-refractivity contribution >= 4 is 38.6 Å². The van der Waals surface area contributed by atoms with Crippen LogP contribution in [0.3, 0.4) is 0 Å². The lowest BCUT2D eigenvalue weighted by molar-refractivity contribution is 0.296. The summed E-state index contributed by atoms with van der Waals surface area (Å²) >= 11 is 1.49. The van der Waals surface area contributed by atoms with E-state index < -0.39 is 0 Å². The topological polar surface area (TPSA) is 71.5 Å². The Morgan fingerprint density at radius 3 is 2.68 bits per heavy atom. The Morgan fingerprint density at radius 2 is 1.80 bits per heavy atom. The number of nitrogens with one attached hydrogen (secondary N) is 1. The second kappa shape index (κ2) is 6.52. The third kappa shape index (κ3) is 3.18. The molecular formula is C19H14N3O2S-. The average molecular weight is 348 g/mol. The molecule has 4 rings (SSSR count). The van der Waals surface area contributed by atoms with Crippen molar-refractivity contribution in [3.63, 3.8) is 0 Å². The lowest BCUT2D eigenvalue weighted by Crippen LogP contribution is -2.06. The molecule has 0 spiro atoms. The van der Waals surface area contributed by atoms with Gasteiger partial charge in [-0.2, -0.15) is 0 Å². The fraction of sp³-hybridized carbons (Fsp3) is 0. The first-order valence-corrected chi connectivity index (χ1v) is 8.55. The Hall–Kier alpha value is -2.93. The SMILES string of the molecule is [O-]N(O)c1cccc(-c2csc(Nc3cccc4ccccc34)n2)c1. The van der Waals surface area contributed by atoms with Crippen molar-refractivity contribution in [1.82, 2.24) is 4.98 Å². The zero-order valence-corrected chi connectivity index (χ0v) is 13.9. The van der Waals surface area contributed by atoms with Crippen LogP contribution in [-0.2, 0) is 0 Å². The number of rotatable bonds is 4. The first-order valence-electron chi connectivity index (χ1n) is 7.67. The van der Waals surface area contributed by atoms with Crippen molar-refractivity contribution in [3.8, 4) is 11.3 Å². The summed E-state index contributed by atoms with van der Waals surface area (Å²) in [6, 6.07) is 21.0. The van der Waals surface area contributed by atoms with Crippen molar-refractivity contribution in [2.45, 2.75) is 0 Å². The molecule has 0 aliphatic carbocycles. The predicted octanol–water partition coefficient (Wildman–Crippen LogP) is 5.40. The summed E-state index contributed by atoms with van der Waals surface area (Å²) in [6.45, 7) is 0. The minimum Gasteiger partial charge on any atom is -0.733 e. The van der Waals surface area contributed by atoms with Gasteiger partial charge in [0.1, 0.15) is 0 Å². The zero-order valence-electron chi connectivity index (χ0n) is 13.1. The van der Waals surface area contributed by atoms with E-state index in [1.54, 1.807) is 12.1 Å². The lowest BCUT2D eigenvalue weighted by atomic mass is 10.1. The lowest BCUT2D eigenvalue weighted by Gasteiger charge is -2.21. The third-order valence-corrected chi connectivity index (χ3v) is 4.66. The third-order valence-electron chi connectivity index (χ3n) is 3.90. The van der Waals surface area contributed by atoms with Crippen molar-refractivity contribution in [3.05, 3.63) is 77.3 Å². The molecule has 25 heavy (non-hydrogen) atoms. The molecule has 0 bridgehead atoms. The van der Waals surface area contributed by atoms with Gasteiger partial charge in [0.2, 0.25) is 0 Å². The van der Waals surface area contributed by atoms with E-state index in [2.05, 4.69) is 28.5 Å². The highest BCUT2D eigenvalue weighted by Crippen LogP contribution is 2.31. The normalized spacial score (nSPS) is 10.8. The van der Waals surface area contributed by atoms with Crippen LogP contribution in [0.15, 0.2) is 72.1 Å². The molecule has 0 aliphatic heterocycles. The van der Waals surface area contributed by atoms with Gasteiger partial charge in [-0.05, 0) is 23.6 Å². The van der Waals surface area contributed by atoms with E-state index in [4.69, 9.17) is 5.21 Å². The van der Waals surface area contributed by atoms with Crippen molar-refractivity contribution in [2.24, 2.45) is 0 Å². The number of thiazole rings is 1. The van der Waals surface area contributed by atoms with Gasteiger partial charge < -0.3 is 15.8 Å². The molecule has 0 amide bonds. The smallest absolute Gasteiger partial charge is 0.187 e. The summed E-state index contributed by atoms with van der Waals surface area (Å²) < 4.78 is 0. The van der Waals surface area contributed by atoms with E-state index >= 15 is 0 Å². The van der Waals surface area contributed by atoms with Gasteiger partial charge in [0, 0.05) is 22.0 Å². The van der Waals surface area contributed by atoms with Crippen LogP contribution in [0.1, 0.15) is 0 Å². The minimum atomic E-state index is -0.148. The Kier molecular flexibility index (Phi) is 4.07. The van der Waals surface area contributed by atoms with Gasteiger partial charge in [0.15, 0.2) is 5.13 Å². The summed E-state index contributed by atoms with van der Waals surface area (Å²) in [5.41, 5.74) is 2.69. The largest absolute Gasteiger partial charge is 0.733 e. The molecule has 0 saturated carbocycles. The van der Waals surface area contributed by atoms with Crippen LogP contribution in [-0.4, -0.2) is 10.2 Å². The van der Waals surface area contributed by atoms with Crippen molar-refractivity contribution in [2.75, 3.05) is 10.5 Å². The Labute approximate surface area is 148 Å². The molecule has 0 atom stereocenters. The highest BCUT2D eigenvalue weighted by Gasteiger charge is 2.07. The molecule has 0 aliphatic rings. The molecule has 0 radical (unpaired) electrons. The standard InChI is InChI=1S/C19H14N3O2S/c23-22(24)15-8-3-7-14(11-15)18-12-25-19(21-18)20-17-10-4-6-13-5-1-2-9-16(13)17/h1-12,23H,(H,20,21)/q-1. The van der Waals surface area contributed by atoms with Crippen LogP contribution in [0.2, 0.25) is 0 Å². The molecule has 0 unspecified atom stereocenters. The summed E-state index contributed by atoms with van der Waals surface area (Å²) in [5.74, 6) is 0. The molecule has 0 fully saturated rings. The maximum atomic E-state index is 11.0. The first-order chi connectivity index (χ1) is 12.2. The van der Waals surface area contributed by atoms with Crippen LogP contribution < -0.4 is 10.5 Å². The zero-order chi connectivity index (χ0) is 17.2. The maximum absolute atomic E-state index is 11.0. The molecule has 2 N–H and O–H groups in total. The Morgan fingerprint density at radius 1 is 1.00 bits per heavy atom. The Bertz CT molecular complexity index is 1020. The number of nitrogens with zero attached hydrogens (tertiary/aromatic N) is 2. The molecule has 6 heteroatoms. The number of aromatic nitrogens is 1. The number of anilines is 3. The number of hydrogen-bond donors (Lipinski definition) is 2. The van der Waals surface area contributed by atoms with Crippen LogP contribution >= 0.6 is 11.3 Å². The second-order valence-electron chi connectivity index (χ2n) is 5.51. The maximum Gasteiger partial charge on any atom is 0.187 e. The van der Waals surface area contributed by atoms with E-state index in [0.29, 0.717) is 0 Å². The van der Waals surface area contributed by atoms with Gasteiger partial charge in [-0.3, -0.25) is 5.21 Å². The number of fused-ring (bicyclic) bond motifs is 1. The van der Waals surface area contributed by atoms with E-state index in [9.17, 15) is 5.21 Å². The average Bonchev–Trinajstić information content (AvgIpc) is 3.11. The van der Waals surface area contributed by atoms with Crippen molar-refractivity contribution in [1.29, 1.82) is 0 Å². The summed E-state index contributed by atoms with van der Waals surface area (Å²) in [5, 5.41) is 28.3. The van der Waals surface area contributed by atoms with Gasteiger partial charge in [0.05, 0.1) is 11.4 Å². The fourth-order valence-corrected chi connectivity index (χ4v) is 3.43. The van der Waals surface area contributed by atoms with E-state index in [1.807, 2.05) is 35.7 Å². The molecule has 1 heterocycles. The molecule has 124 valence electrons. The van der Waals surface area contributed by atoms with Gasteiger partial charge in [-0.15, -0.1) is 11.3 Å². The highest BCUT2D eigenvalue weighted by atomic mass is 32.1. The molecular weight excluding hydrogens is 334 g/mol. The van der Waals surface area contributed by atoms with E-state index in [-0.39, 0.29) is 10.9 Å². The van der Waals surface area contributed by atoms with Gasteiger partial charge in [0.25, 0.3) is 0 Å². The van der Waals surface area contributed by atoms with Crippen LogP contribution in [0, 0.1) is 5.21 Å². The van der Waals surface area contributed by atoms with E-state index in [1.165, 1.54) is 17.4 Å². The van der Waals surface area contributed by atoms with Crippen LogP contribution in [0.5, 0.6) is 0 Å². The quantitative estimate of drug-likeness (QED) is 0.483. The van der Waals surface area contributed by atoms with E-state index in [0.717, 1.165) is 32.8 Å². The molecule has 5 nitrogen and oxygen atoms in total. The highest BCUT2D eigenvalue weighted by molar-refractivity contribution is 7.14. The molecule has 3 aromatic carbocycles. The summed E-state index contributed by atoms with van der Waals surface area (Å²) in [6.07, 6.45) is 0. The fourth-order valence-electron chi connectivity index (χ4n) is 2.70. The molecule has 1 aromatic heterocycles. The van der Waals surface area contributed by atoms with Gasteiger partial charge in [-0.1, -0.05) is 48.5 Å². The monoisotopic (exact) mass is 348 g/mol. The predicted molar refractivity (Wildman–Crippen MR) is 102 cm³/mol. The van der Waals surface area contributed by atoms with Gasteiger partial charge in [-0.25, -0.2) is 4.98 Å². The Balaban J connectivity index is 1.64. The van der Waals surface area contributed by atoms with Crippen molar-refractivity contribution < 1.29 is 5.21 Å². The van der Waals surface area contributed by atoms with Crippen LogP contribution in [0.4, 0.5) is 16.5 Å². The first kappa shape index (κ1) is 15.6. The second-order valence-corrected chi connectivity index (χ2v) is 6.37. The molecule has 4 aromatic rings. The number of hydrogen-bond acceptors (Lipinski definition) is 6. The summed E-state index contributed by atoms with van der Waals surface area (Å²) in [7, 11) is 0. The van der Waals surface area contributed by atoms with Gasteiger partial charge >= 0.3 is 0 Å². The minimum absolute atomic E-state index is 0.148.